The second-order valence-electron chi connectivity index (χ2n) is 5.65. The van der Waals surface area contributed by atoms with Crippen molar-refractivity contribution >= 4 is 17.7 Å². The molecule has 24 heavy (non-hydrogen) atoms. The van der Waals surface area contributed by atoms with E-state index in [1.54, 1.807) is 0 Å². The number of hydrogen-bond donors (Lipinski definition) is 1. The molecule has 2 N–H and O–H groups in total. The van der Waals surface area contributed by atoms with Crippen LogP contribution in [-0.4, -0.2) is 25.4 Å². The fraction of sp³-hybridized carbons (Fsp3) is 0.316. The van der Waals surface area contributed by atoms with Crippen molar-refractivity contribution in [3.63, 3.8) is 0 Å². The average molecular weight is 343 g/mol. The van der Waals surface area contributed by atoms with Crippen LogP contribution in [0, 0.1) is 0 Å². The lowest BCUT2D eigenvalue weighted by Crippen LogP contribution is -2.08. The fourth-order valence-electron chi connectivity index (χ4n) is 2.89. The van der Waals surface area contributed by atoms with Gasteiger partial charge in [-0.15, -0.1) is 11.8 Å². The minimum Gasteiger partial charge on any atom is -0.489 e. The first kappa shape index (κ1) is 16.9. The molecule has 0 amide bonds. The highest BCUT2D eigenvalue weighted by Gasteiger charge is 2.25. The predicted molar refractivity (Wildman–Crippen MR) is 96.3 cm³/mol. The van der Waals surface area contributed by atoms with E-state index in [2.05, 4.69) is 24.3 Å². The standard InChI is InChI=1S/C19H21NO3S/c1-22-18(21)11-13-6-7-17-16(10-13)19(24-9-8-20)15-5-3-2-4-14(15)12-23-17/h2-7,10,19H,8-9,11-12,20H2,1H3. The summed E-state index contributed by atoms with van der Waals surface area (Å²) in [5, 5.41) is 0.153. The summed E-state index contributed by atoms with van der Waals surface area (Å²) in [6.07, 6.45) is 0.264. The van der Waals surface area contributed by atoms with E-state index in [1.807, 2.05) is 30.0 Å². The first-order chi connectivity index (χ1) is 11.7. The Morgan fingerprint density at radius 3 is 2.92 bits per heavy atom. The van der Waals surface area contributed by atoms with Crippen LogP contribution in [0.25, 0.3) is 0 Å². The predicted octanol–water partition coefficient (Wildman–Crippen LogP) is 3.08. The Balaban J connectivity index is 2.02. The van der Waals surface area contributed by atoms with Gasteiger partial charge in [-0.2, -0.15) is 0 Å². The highest BCUT2D eigenvalue weighted by molar-refractivity contribution is 7.99. The topological polar surface area (TPSA) is 61.5 Å². The van der Waals surface area contributed by atoms with Gasteiger partial charge in [-0.25, -0.2) is 0 Å². The monoisotopic (exact) mass is 343 g/mol. The van der Waals surface area contributed by atoms with E-state index in [0.717, 1.165) is 22.6 Å². The molecule has 4 nitrogen and oxygen atoms in total. The van der Waals surface area contributed by atoms with Gasteiger partial charge in [0.15, 0.2) is 0 Å². The number of carbonyl (C=O) groups is 1. The summed E-state index contributed by atoms with van der Waals surface area (Å²) in [6.45, 7) is 1.18. The van der Waals surface area contributed by atoms with Crippen LogP contribution in [0.1, 0.15) is 27.5 Å². The minimum atomic E-state index is -0.240. The average Bonchev–Trinajstić information content (AvgIpc) is 2.76. The molecule has 126 valence electrons. The van der Waals surface area contributed by atoms with Gasteiger partial charge in [0.05, 0.1) is 18.8 Å². The summed E-state index contributed by atoms with van der Waals surface area (Å²) in [6, 6.07) is 14.3. The first-order valence-electron chi connectivity index (χ1n) is 7.95. The molecule has 0 radical (unpaired) electrons. The maximum absolute atomic E-state index is 11.6. The molecule has 0 saturated carbocycles. The van der Waals surface area contributed by atoms with Crippen molar-refractivity contribution in [3.8, 4) is 5.75 Å². The lowest BCUT2D eigenvalue weighted by molar-refractivity contribution is -0.139. The van der Waals surface area contributed by atoms with Crippen LogP contribution in [0.3, 0.4) is 0 Å². The van der Waals surface area contributed by atoms with E-state index >= 15 is 0 Å². The lowest BCUT2D eigenvalue weighted by atomic mass is 9.98. The molecule has 0 spiro atoms. The van der Waals surface area contributed by atoms with E-state index in [-0.39, 0.29) is 17.6 Å². The van der Waals surface area contributed by atoms with E-state index in [0.29, 0.717) is 13.2 Å². The Morgan fingerprint density at radius 2 is 2.12 bits per heavy atom. The quantitative estimate of drug-likeness (QED) is 0.846. The molecule has 1 atom stereocenters. The van der Waals surface area contributed by atoms with E-state index in [1.165, 1.54) is 18.2 Å². The van der Waals surface area contributed by atoms with Gasteiger partial charge in [0.2, 0.25) is 0 Å². The molecule has 0 aliphatic carbocycles. The van der Waals surface area contributed by atoms with Crippen molar-refractivity contribution in [3.05, 3.63) is 64.7 Å². The summed E-state index contributed by atoms with van der Waals surface area (Å²) in [5.74, 6) is 1.49. The van der Waals surface area contributed by atoms with Gasteiger partial charge in [-0.1, -0.05) is 36.4 Å². The number of ether oxygens (including phenoxy) is 2. The number of nitrogens with two attached hydrogens (primary N) is 1. The van der Waals surface area contributed by atoms with Crippen LogP contribution in [0.4, 0.5) is 0 Å². The van der Waals surface area contributed by atoms with Gasteiger partial charge in [0.1, 0.15) is 12.4 Å². The number of thioether (sulfide) groups is 1. The molecule has 0 saturated heterocycles. The molecular weight excluding hydrogens is 322 g/mol. The number of methoxy groups -OCH3 is 1. The number of rotatable bonds is 5. The summed E-state index contributed by atoms with van der Waals surface area (Å²) in [4.78, 5) is 11.6. The van der Waals surface area contributed by atoms with Crippen LogP contribution in [0.2, 0.25) is 0 Å². The molecule has 1 aliphatic rings. The summed E-state index contributed by atoms with van der Waals surface area (Å²) < 4.78 is 10.8. The maximum Gasteiger partial charge on any atom is 0.309 e. The fourth-order valence-corrected chi connectivity index (χ4v) is 4.04. The number of hydrogen-bond acceptors (Lipinski definition) is 5. The van der Waals surface area contributed by atoms with Gasteiger partial charge < -0.3 is 15.2 Å². The highest BCUT2D eigenvalue weighted by atomic mass is 32.2. The van der Waals surface area contributed by atoms with Crippen molar-refractivity contribution in [1.29, 1.82) is 0 Å². The molecule has 1 heterocycles. The second-order valence-corrected chi connectivity index (χ2v) is 6.87. The van der Waals surface area contributed by atoms with Crippen molar-refractivity contribution in [2.75, 3.05) is 19.4 Å². The molecule has 0 fully saturated rings. The van der Waals surface area contributed by atoms with Crippen molar-refractivity contribution in [2.24, 2.45) is 5.73 Å². The third kappa shape index (κ3) is 3.57. The van der Waals surface area contributed by atoms with Gasteiger partial charge >= 0.3 is 5.97 Å². The van der Waals surface area contributed by atoms with Crippen LogP contribution in [-0.2, 0) is 22.6 Å². The smallest absolute Gasteiger partial charge is 0.309 e. The second kappa shape index (κ2) is 7.73. The van der Waals surface area contributed by atoms with Crippen molar-refractivity contribution in [2.45, 2.75) is 18.3 Å². The van der Waals surface area contributed by atoms with E-state index in [9.17, 15) is 4.79 Å². The van der Waals surface area contributed by atoms with Gasteiger partial charge in [0.25, 0.3) is 0 Å². The third-order valence-corrected chi connectivity index (χ3v) is 5.37. The lowest BCUT2D eigenvalue weighted by Gasteiger charge is -2.19. The maximum atomic E-state index is 11.6. The molecule has 2 aromatic rings. The molecule has 1 aliphatic heterocycles. The van der Waals surface area contributed by atoms with E-state index < -0.39 is 0 Å². The molecule has 1 unspecified atom stereocenters. The van der Waals surface area contributed by atoms with Gasteiger partial charge in [-0.05, 0) is 22.8 Å². The summed E-state index contributed by atoms with van der Waals surface area (Å²) in [5.41, 5.74) is 10.2. The highest BCUT2D eigenvalue weighted by Crippen LogP contribution is 2.44. The Hall–Kier alpha value is -1.98. The summed E-state index contributed by atoms with van der Waals surface area (Å²) in [7, 11) is 1.41. The van der Waals surface area contributed by atoms with Crippen molar-refractivity contribution < 1.29 is 14.3 Å². The first-order valence-corrected chi connectivity index (χ1v) is 8.99. The van der Waals surface area contributed by atoms with Crippen LogP contribution >= 0.6 is 11.8 Å². The largest absolute Gasteiger partial charge is 0.489 e. The molecule has 2 aromatic carbocycles. The zero-order chi connectivity index (χ0) is 16.9. The van der Waals surface area contributed by atoms with Gasteiger partial charge in [0, 0.05) is 17.9 Å². The molecule has 3 rings (SSSR count). The summed E-state index contributed by atoms with van der Waals surface area (Å²) >= 11 is 1.81. The normalized spacial score (nSPS) is 15.7. The Kier molecular flexibility index (Phi) is 5.43. The van der Waals surface area contributed by atoms with Crippen molar-refractivity contribution in [1.82, 2.24) is 0 Å². The third-order valence-electron chi connectivity index (χ3n) is 4.06. The zero-order valence-corrected chi connectivity index (χ0v) is 14.5. The Bertz CT molecular complexity index is 732. The number of esters is 1. The number of benzene rings is 2. The number of carbonyl (C=O) groups excluding carboxylic acids is 1. The SMILES string of the molecule is COC(=O)Cc1ccc2c(c1)C(SCCN)c1ccccc1CO2. The van der Waals surface area contributed by atoms with Crippen LogP contribution < -0.4 is 10.5 Å². The Labute approximate surface area is 146 Å². The molecular formula is C19H21NO3S. The zero-order valence-electron chi connectivity index (χ0n) is 13.7. The van der Waals surface area contributed by atoms with E-state index in [4.69, 9.17) is 15.2 Å². The minimum absolute atomic E-state index is 0.153. The molecule has 0 aromatic heterocycles. The molecule has 0 bridgehead atoms. The van der Waals surface area contributed by atoms with Crippen LogP contribution in [0.15, 0.2) is 42.5 Å². The molecule has 5 heteroatoms. The van der Waals surface area contributed by atoms with Crippen LogP contribution in [0.5, 0.6) is 5.75 Å². The number of fused-ring (bicyclic) bond motifs is 2. The Morgan fingerprint density at radius 1 is 1.29 bits per heavy atom. The van der Waals surface area contributed by atoms with Gasteiger partial charge in [-0.3, -0.25) is 4.79 Å².